The van der Waals surface area contributed by atoms with Gasteiger partial charge in [0.2, 0.25) is 0 Å². The predicted octanol–water partition coefficient (Wildman–Crippen LogP) is 2.56. The second kappa shape index (κ2) is 4.74. The molecule has 0 spiro atoms. The van der Waals surface area contributed by atoms with Crippen molar-refractivity contribution < 1.29 is 4.74 Å². The van der Waals surface area contributed by atoms with Gasteiger partial charge >= 0.3 is 0 Å². The molecule has 1 aromatic carbocycles. The zero-order chi connectivity index (χ0) is 11.5. The molecule has 1 aliphatic carbocycles. The quantitative estimate of drug-likeness (QED) is 0.767. The third kappa shape index (κ3) is 2.30. The van der Waals surface area contributed by atoms with E-state index in [0.29, 0.717) is 12.1 Å². The largest absolute Gasteiger partial charge is 0.398 e. The Labute approximate surface area is 97.0 Å². The highest BCUT2D eigenvalue weighted by Gasteiger charge is 2.29. The number of anilines is 2. The molecule has 1 aliphatic rings. The number of benzene rings is 1. The number of ether oxygens (including phenoxy) is 1. The molecule has 0 unspecified atom stereocenters. The Morgan fingerprint density at radius 1 is 1.44 bits per heavy atom. The van der Waals surface area contributed by atoms with Crippen molar-refractivity contribution in [1.29, 1.82) is 0 Å². The van der Waals surface area contributed by atoms with Crippen LogP contribution in [0.4, 0.5) is 11.4 Å². The molecule has 1 fully saturated rings. The fourth-order valence-electron chi connectivity index (χ4n) is 2.09. The van der Waals surface area contributed by atoms with Gasteiger partial charge in [0, 0.05) is 24.0 Å². The van der Waals surface area contributed by atoms with Crippen LogP contribution in [0.2, 0.25) is 0 Å². The molecule has 3 heteroatoms. The van der Waals surface area contributed by atoms with Gasteiger partial charge in [0.05, 0.1) is 6.10 Å². The van der Waals surface area contributed by atoms with Gasteiger partial charge in [-0.1, -0.05) is 6.07 Å². The molecule has 0 saturated heterocycles. The van der Waals surface area contributed by atoms with E-state index in [1.807, 2.05) is 19.1 Å². The van der Waals surface area contributed by atoms with Crippen molar-refractivity contribution in [2.45, 2.75) is 38.8 Å². The molecule has 16 heavy (non-hydrogen) atoms. The van der Waals surface area contributed by atoms with Crippen LogP contribution in [-0.2, 0) is 4.74 Å². The molecule has 0 heterocycles. The van der Waals surface area contributed by atoms with Crippen LogP contribution in [-0.4, -0.2) is 18.8 Å². The Morgan fingerprint density at radius 3 is 2.88 bits per heavy atom. The van der Waals surface area contributed by atoms with Crippen LogP contribution in [0.5, 0.6) is 0 Å². The lowest BCUT2D eigenvalue weighted by Crippen LogP contribution is -2.40. The summed E-state index contributed by atoms with van der Waals surface area (Å²) >= 11 is 0. The summed E-state index contributed by atoms with van der Waals surface area (Å²) in [5.41, 5.74) is 9.01. The molecule has 3 N–H and O–H groups in total. The van der Waals surface area contributed by atoms with E-state index in [9.17, 15) is 0 Å². The Kier molecular flexibility index (Phi) is 3.34. The first-order chi connectivity index (χ1) is 7.70. The number of nitrogens with two attached hydrogens (primary N) is 1. The normalized spacial score (nSPS) is 23.9. The number of nitrogen functional groups attached to an aromatic ring is 1. The second-order valence-electron chi connectivity index (χ2n) is 4.41. The predicted molar refractivity (Wildman–Crippen MR) is 67.7 cm³/mol. The number of nitrogens with one attached hydrogen (secondary N) is 1. The van der Waals surface area contributed by atoms with Crippen molar-refractivity contribution in [3.8, 4) is 0 Å². The highest BCUT2D eigenvalue weighted by molar-refractivity contribution is 5.63. The Morgan fingerprint density at radius 2 is 2.19 bits per heavy atom. The SMILES string of the molecule is CCOC1CC(Nc2cccc(N)c2C)C1. The van der Waals surface area contributed by atoms with Crippen LogP contribution in [0.25, 0.3) is 0 Å². The van der Waals surface area contributed by atoms with Crippen LogP contribution in [0.1, 0.15) is 25.3 Å². The first-order valence-electron chi connectivity index (χ1n) is 5.94. The summed E-state index contributed by atoms with van der Waals surface area (Å²) in [5.74, 6) is 0. The van der Waals surface area contributed by atoms with Gasteiger partial charge in [0.25, 0.3) is 0 Å². The fraction of sp³-hybridized carbons (Fsp3) is 0.538. The summed E-state index contributed by atoms with van der Waals surface area (Å²) in [6.07, 6.45) is 2.65. The van der Waals surface area contributed by atoms with E-state index in [0.717, 1.165) is 36.4 Å². The summed E-state index contributed by atoms with van der Waals surface area (Å²) in [6.45, 7) is 4.91. The minimum atomic E-state index is 0.448. The zero-order valence-electron chi connectivity index (χ0n) is 9.99. The fourth-order valence-corrected chi connectivity index (χ4v) is 2.09. The molecule has 0 bridgehead atoms. The molecule has 2 rings (SSSR count). The van der Waals surface area contributed by atoms with Gasteiger partial charge in [-0.15, -0.1) is 0 Å². The number of hydrogen-bond acceptors (Lipinski definition) is 3. The Bertz CT molecular complexity index is 359. The van der Waals surface area contributed by atoms with Gasteiger partial charge in [-0.25, -0.2) is 0 Å². The van der Waals surface area contributed by atoms with Crippen molar-refractivity contribution in [2.24, 2.45) is 0 Å². The smallest absolute Gasteiger partial charge is 0.0614 e. The summed E-state index contributed by atoms with van der Waals surface area (Å²) in [6, 6.07) is 6.55. The van der Waals surface area contributed by atoms with Crippen molar-refractivity contribution in [3.63, 3.8) is 0 Å². The van der Waals surface area contributed by atoms with Gasteiger partial charge in [-0.2, -0.15) is 0 Å². The summed E-state index contributed by atoms with van der Waals surface area (Å²) in [4.78, 5) is 0. The van der Waals surface area contributed by atoms with Gasteiger partial charge in [0.15, 0.2) is 0 Å². The maximum Gasteiger partial charge on any atom is 0.0614 e. The van der Waals surface area contributed by atoms with E-state index in [4.69, 9.17) is 10.5 Å². The van der Waals surface area contributed by atoms with Gasteiger partial charge < -0.3 is 15.8 Å². The molecule has 0 atom stereocenters. The average Bonchev–Trinajstić information content (AvgIpc) is 2.21. The minimum Gasteiger partial charge on any atom is -0.398 e. The third-order valence-electron chi connectivity index (χ3n) is 3.23. The summed E-state index contributed by atoms with van der Waals surface area (Å²) < 4.78 is 5.54. The first-order valence-corrected chi connectivity index (χ1v) is 5.94. The number of rotatable bonds is 4. The summed E-state index contributed by atoms with van der Waals surface area (Å²) in [7, 11) is 0. The molecule has 88 valence electrons. The molecule has 3 nitrogen and oxygen atoms in total. The Hall–Kier alpha value is -1.22. The van der Waals surface area contributed by atoms with E-state index in [1.54, 1.807) is 0 Å². The Balaban J connectivity index is 1.89. The van der Waals surface area contributed by atoms with E-state index in [2.05, 4.69) is 18.3 Å². The molecular weight excluding hydrogens is 200 g/mol. The van der Waals surface area contributed by atoms with Crippen molar-refractivity contribution in [1.82, 2.24) is 0 Å². The zero-order valence-corrected chi connectivity index (χ0v) is 9.99. The highest BCUT2D eigenvalue weighted by Crippen LogP contribution is 2.29. The monoisotopic (exact) mass is 220 g/mol. The first kappa shape index (κ1) is 11.3. The lowest BCUT2D eigenvalue weighted by molar-refractivity contribution is 0.00298. The lowest BCUT2D eigenvalue weighted by Gasteiger charge is -2.36. The third-order valence-corrected chi connectivity index (χ3v) is 3.23. The highest BCUT2D eigenvalue weighted by atomic mass is 16.5. The van der Waals surface area contributed by atoms with E-state index in [-0.39, 0.29) is 0 Å². The molecule has 0 aliphatic heterocycles. The van der Waals surface area contributed by atoms with Crippen molar-refractivity contribution >= 4 is 11.4 Å². The topological polar surface area (TPSA) is 47.3 Å². The number of hydrogen-bond donors (Lipinski definition) is 2. The molecule has 0 amide bonds. The van der Waals surface area contributed by atoms with Gasteiger partial charge in [-0.05, 0) is 44.4 Å². The van der Waals surface area contributed by atoms with Crippen molar-refractivity contribution in [3.05, 3.63) is 23.8 Å². The molecular formula is C13H20N2O. The van der Waals surface area contributed by atoms with E-state index >= 15 is 0 Å². The van der Waals surface area contributed by atoms with Crippen LogP contribution < -0.4 is 11.1 Å². The maximum absolute atomic E-state index is 5.87. The van der Waals surface area contributed by atoms with Crippen LogP contribution >= 0.6 is 0 Å². The molecule has 1 aromatic rings. The van der Waals surface area contributed by atoms with Crippen LogP contribution in [0.3, 0.4) is 0 Å². The van der Waals surface area contributed by atoms with E-state index < -0.39 is 0 Å². The maximum atomic E-state index is 5.87. The van der Waals surface area contributed by atoms with Crippen molar-refractivity contribution in [2.75, 3.05) is 17.7 Å². The molecule has 1 saturated carbocycles. The standard InChI is InChI=1S/C13H20N2O/c1-3-16-11-7-10(8-11)15-13-6-4-5-12(14)9(13)2/h4-6,10-11,15H,3,7-8,14H2,1-2H3. The average molecular weight is 220 g/mol. The lowest BCUT2D eigenvalue weighted by atomic mass is 9.89. The van der Waals surface area contributed by atoms with Crippen LogP contribution in [0.15, 0.2) is 18.2 Å². The van der Waals surface area contributed by atoms with E-state index in [1.165, 1.54) is 0 Å². The minimum absolute atomic E-state index is 0.448. The van der Waals surface area contributed by atoms with Gasteiger partial charge in [0.1, 0.15) is 0 Å². The molecule has 0 radical (unpaired) electrons. The van der Waals surface area contributed by atoms with Gasteiger partial charge in [-0.3, -0.25) is 0 Å². The second-order valence-corrected chi connectivity index (χ2v) is 4.41. The van der Waals surface area contributed by atoms with Crippen LogP contribution in [0, 0.1) is 6.92 Å². The molecule has 0 aromatic heterocycles. The summed E-state index contributed by atoms with van der Waals surface area (Å²) in [5, 5.41) is 3.52.